The molecule has 0 unspecified atom stereocenters. The molecule has 0 bridgehead atoms. The minimum atomic E-state index is -1.10. The van der Waals surface area contributed by atoms with E-state index in [4.69, 9.17) is 12.2 Å². The lowest BCUT2D eigenvalue weighted by atomic mass is 10.1. The van der Waals surface area contributed by atoms with Crippen LogP contribution in [0.4, 0.5) is 5.69 Å². The lowest BCUT2D eigenvalue weighted by Gasteiger charge is -2.16. The molecule has 0 saturated carbocycles. The summed E-state index contributed by atoms with van der Waals surface area (Å²) in [4.78, 5) is 25.9. The fourth-order valence-electron chi connectivity index (χ4n) is 2.34. The summed E-state index contributed by atoms with van der Waals surface area (Å²) in [6, 6.07) is 14.1. The van der Waals surface area contributed by atoms with Crippen molar-refractivity contribution in [3.05, 3.63) is 70.1 Å². The zero-order chi connectivity index (χ0) is 17.3. The van der Waals surface area contributed by atoms with E-state index in [2.05, 4.69) is 0 Å². The van der Waals surface area contributed by atoms with Gasteiger partial charge in [-0.15, -0.1) is 0 Å². The monoisotopic (exact) mass is 355 g/mol. The summed E-state index contributed by atoms with van der Waals surface area (Å²) >= 11 is 6.47. The Labute approximate surface area is 148 Å². The number of thiocarbonyl (C=S) groups is 1. The number of rotatable bonds is 3. The Morgan fingerprint density at radius 1 is 1.17 bits per heavy atom. The maximum atomic E-state index is 12.7. The third-order valence-electron chi connectivity index (χ3n) is 3.54. The Morgan fingerprint density at radius 3 is 2.50 bits per heavy atom. The lowest BCUT2D eigenvalue weighted by molar-refractivity contribution is -0.113. The van der Waals surface area contributed by atoms with E-state index in [-0.39, 0.29) is 11.5 Å². The van der Waals surface area contributed by atoms with Gasteiger partial charge in [-0.3, -0.25) is 9.69 Å². The number of carbonyl (C=O) groups excluding carboxylic acids is 1. The normalized spacial score (nSPS) is 16.0. The van der Waals surface area contributed by atoms with Crippen molar-refractivity contribution in [2.75, 3.05) is 4.90 Å². The molecule has 1 fully saturated rings. The number of hydrogen-bond donors (Lipinski definition) is 1. The van der Waals surface area contributed by atoms with Crippen LogP contribution in [0.1, 0.15) is 21.5 Å². The second-order valence-corrected chi connectivity index (χ2v) is 6.93. The van der Waals surface area contributed by atoms with E-state index in [1.807, 2.05) is 31.2 Å². The molecule has 1 amide bonds. The summed E-state index contributed by atoms with van der Waals surface area (Å²) in [5.74, 6) is -1.40. The maximum absolute atomic E-state index is 12.7. The number of benzene rings is 2. The predicted octanol–water partition coefficient (Wildman–Crippen LogP) is 4.10. The van der Waals surface area contributed by atoms with E-state index in [9.17, 15) is 14.7 Å². The van der Waals surface area contributed by atoms with E-state index in [0.717, 1.165) is 11.1 Å². The van der Waals surface area contributed by atoms with Crippen LogP contribution in [-0.4, -0.2) is 21.3 Å². The highest BCUT2D eigenvalue weighted by Gasteiger charge is 2.35. The minimum absolute atomic E-state index is 0.0467. The standard InChI is InChI=1S/C18H13NO3S2/c1-11-6-8-12(9-7-11)10-15-16(20)19(18(23)24-15)14-5-3-2-4-13(14)17(21)22/h2-10H,1H3,(H,21,22)/b15-10-. The van der Waals surface area contributed by atoms with Crippen molar-refractivity contribution >= 4 is 51.9 Å². The number of amides is 1. The van der Waals surface area contributed by atoms with E-state index in [1.165, 1.54) is 22.7 Å². The zero-order valence-electron chi connectivity index (χ0n) is 12.7. The van der Waals surface area contributed by atoms with Crippen molar-refractivity contribution in [3.63, 3.8) is 0 Å². The number of para-hydroxylation sites is 1. The molecule has 0 radical (unpaired) electrons. The molecule has 4 nitrogen and oxygen atoms in total. The molecule has 0 aliphatic carbocycles. The number of aryl methyl sites for hydroxylation is 1. The number of thioether (sulfide) groups is 1. The van der Waals surface area contributed by atoms with Gasteiger partial charge in [0.15, 0.2) is 4.32 Å². The molecule has 0 spiro atoms. The Kier molecular flexibility index (Phi) is 4.51. The molecule has 24 heavy (non-hydrogen) atoms. The second kappa shape index (κ2) is 6.59. The van der Waals surface area contributed by atoms with Crippen molar-refractivity contribution in [3.8, 4) is 0 Å². The van der Waals surface area contributed by atoms with E-state index >= 15 is 0 Å². The highest BCUT2D eigenvalue weighted by atomic mass is 32.2. The first-order valence-corrected chi connectivity index (χ1v) is 8.37. The zero-order valence-corrected chi connectivity index (χ0v) is 14.4. The van der Waals surface area contributed by atoms with Crippen LogP contribution in [0.2, 0.25) is 0 Å². The third kappa shape index (κ3) is 3.11. The van der Waals surface area contributed by atoms with Crippen LogP contribution in [0, 0.1) is 6.92 Å². The van der Waals surface area contributed by atoms with Gasteiger partial charge in [-0.2, -0.15) is 0 Å². The SMILES string of the molecule is Cc1ccc(/C=C2\SC(=S)N(c3ccccc3C(=O)O)C2=O)cc1. The number of carbonyl (C=O) groups is 2. The quantitative estimate of drug-likeness (QED) is 0.663. The molecule has 1 saturated heterocycles. The predicted molar refractivity (Wildman–Crippen MR) is 100 cm³/mol. The second-order valence-electron chi connectivity index (χ2n) is 5.25. The van der Waals surface area contributed by atoms with E-state index in [0.29, 0.717) is 14.9 Å². The average Bonchev–Trinajstić information content (AvgIpc) is 2.83. The molecule has 3 rings (SSSR count). The van der Waals surface area contributed by atoms with Gasteiger partial charge >= 0.3 is 5.97 Å². The Bertz CT molecular complexity index is 872. The molecule has 0 aromatic heterocycles. The molecule has 1 N–H and O–H groups in total. The number of carboxylic acids is 1. The van der Waals surface area contributed by atoms with Crippen LogP contribution in [0.5, 0.6) is 0 Å². The van der Waals surface area contributed by atoms with Crippen molar-refractivity contribution in [1.29, 1.82) is 0 Å². The molecule has 0 atom stereocenters. The molecular weight excluding hydrogens is 342 g/mol. The van der Waals surface area contributed by atoms with Crippen LogP contribution in [0.3, 0.4) is 0 Å². The van der Waals surface area contributed by atoms with Gasteiger partial charge < -0.3 is 5.11 Å². The van der Waals surface area contributed by atoms with E-state index in [1.54, 1.807) is 24.3 Å². The Morgan fingerprint density at radius 2 is 1.83 bits per heavy atom. The first kappa shape index (κ1) is 16.4. The minimum Gasteiger partial charge on any atom is -0.478 e. The number of aromatic carboxylic acids is 1. The van der Waals surface area contributed by atoms with Crippen LogP contribution in [-0.2, 0) is 4.79 Å². The summed E-state index contributed by atoms with van der Waals surface area (Å²) in [7, 11) is 0. The smallest absolute Gasteiger partial charge is 0.337 e. The highest BCUT2D eigenvalue weighted by molar-refractivity contribution is 8.27. The number of carboxylic acid groups (broad SMARTS) is 1. The molecule has 6 heteroatoms. The molecule has 1 heterocycles. The molecule has 1 aliphatic heterocycles. The molecular formula is C18H13NO3S2. The van der Waals surface area contributed by atoms with E-state index < -0.39 is 5.97 Å². The largest absolute Gasteiger partial charge is 0.478 e. The average molecular weight is 355 g/mol. The summed E-state index contributed by atoms with van der Waals surface area (Å²) in [5, 5.41) is 9.32. The Balaban J connectivity index is 1.98. The third-order valence-corrected chi connectivity index (χ3v) is 4.85. The van der Waals surface area contributed by atoms with Crippen molar-refractivity contribution in [1.82, 2.24) is 0 Å². The van der Waals surface area contributed by atoms with Gasteiger partial charge in [0.25, 0.3) is 5.91 Å². The van der Waals surface area contributed by atoms with Gasteiger partial charge in [0.2, 0.25) is 0 Å². The number of nitrogens with zero attached hydrogens (tertiary/aromatic N) is 1. The molecule has 120 valence electrons. The fraction of sp³-hybridized carbons (Fsp3) is 0.0556. The van der Waals surface area contributed by atoms with Crippen molar-refractivity contribution in [2.45, 2.75) is 6.92 Å². The van der Waals surface area contributed by atoms with Gasteiger partial charge in [0.1, 0.15) is 0 Å². The van der Waals surface area contributed by atoms with Crippen molar-refractivity contribution in [2.24, 2.45) is 0 Å². The summed E-state index contributed by atoms with van der Waals surface area (Å²) in [5.41, 5.74) is 2.37. The van der Waals surface area contributed by atoms with Crippen LogP contribution in [0.15, 0.2) is 53.4 Å². The number of hydrogen-bond acceptors (Lipinski definition) is 4. The topological polar surface area (TPSA) is 57.6 Å². The Hall–Kier alpha value is -2.44. The van der Waals surface area contributed by atoms with Gasteiger partial charge in [-0.1, -0.05) is 65.9 Å². The fourth-order valence-corrected chi connectivity index (χ4v) is 3.62. The lowest BCUT2D eigenvalue weighted by Crippen LogP contribution is -2.29. The van der Waals surface area contributed by atoms with Crippen LogP contribution >= 0.6 is 24.0 Å². The highest BCUT2D eigenvalue weighted by Crippen LogP contribution is 2.37. The van der Waals surface area contributed by atoms with Gasteiger partial charge in [-0.05, 0) is 30.7 Å². The molecule has 2 aromatic carbocycles. The van der Waals surface area contributed by atoms with Gasteiger partial charge in [-0.25, -0.2) is 4.79 Å². The first-order valence-electron chi connectivity index (χ1n) is 7.14. The molecule has 2 aromatic rings. The van der Waals surface area contributed by atoms with Gasteiger partial charge in [0.05, 0.1) is 16.2 Å². The summed E-state index contributed by atoms with van der Waals surface area (Å²) < 4.78 is 0.326. The van der Waals surface area contributed by atoms with Crippen LogP contribution in [0.25, 0.3) is 6.08 Å². The van der Waals surface area contributed by atoms with Crippen LogP contribution < -0.4 is 4.90 Å². The molecule has 1 aliphatic rings. The maximum Gasteiger partial charge on any atom is 0.337 e. The first-order chi connectivity index (χ1) is 11.5. The summed E-state index contributed by atoms with van der Waals surface area (Å²) in [6.07, 6.45) is 1.77. The van der Waals surface area contributed by atoms with Gasteiger partial charge in [0, 0.05) is 0 Å². The van der Waals surface area contributed by atoms with Crippen molar-refractivity contribution < 1.29 is 14.7 Å². The summed E-state index contributed by atoms with van der Waals surface area (Å²) in [6.45, 7) is 1.99. The number of anilines is 1.